The molecule has 1 aliphatic carbocycles. The van der Waals surface area contributed by atoms with Crippen LogP contribution in [0.2, 0.25) is 0 Å². The number of allylic oxidation sites excluding steroid dienone is 2. The van der Waals surface area contributed by atoms with Gasteiger partial charge in [0, 0.05) is 11.7 Å². The fraction of sp³-hybridized carbons (Fsp3) is 0.727. The summed E-state index contributed by atoms with van der Waals surface area (Å²) in [4.78, 5) is 0. The zero-order chi connectivity index (χ0) is 10.6. The number of halogens is 1. The fourth-order valence-corrected chi connectivity index (χ4v) is 1.93. The molecule has 14 heavy (non-hydrogen) atoms. The van der Waals surface area contributed by atoms with Gasteiger partial charge in [0.05, 0.1) is 0 Å². The molecule has 0 heterocycles. The summed E-state index contributed by atoms with van der Waals surface area (Å²) in [5, 5.41) is 10.8. The second kappa shape index (κ2) is 5.40. The first-order valence-electron chi connectivity index (χ1n) is 5.31. The Labute approximate surface area is 91.2 Å². The smallest absolute Gasteiger partial charge is 0.122 e. The summed E-state index contributed by atoms with van der Waals surface area (Å²) in [5.41, 5.74) is 1.09. The molecular weight excluding hydrogens is 196 g/mol. The van der Waals surface area contributed by atoms with E-state index in [1.807, 2.05) is 0 Å². The second-order valence-corrected chi connectivity index (χ2v) is 4.64. The lowest BCUT2D eigenvalue weighted by Gasteiger charge is -2.19. The van der Waals surface area contributed by atoms with Gasteiger partial charge >= 0.3 is 0 Å². The molecule has 0 aromatic carbocycles. The van der Waals surface area contributed by atoms with Gasteiger partial charge in [-0.1, -0.05) is 38.3 Å². The van der Waals surface area contributed by atoms with Gasteiger partial charge in [-0.2, -0.15) is 0 Å². The molecule has 80 valence electrons. The van der Waals surface area contributed by atoms with Crippen LogP contribution in [0.4, 0.5) is 0 Å². The molecule has 0 amide bonds. The summed E-state index contributed by atoms with van der Waals surface area (Å²) >= 11 is 5.57. The van der Waals surface area contributed by atoms with Crippen LogP contribution in [0.1, 0.15) is 39.5 Å². The molecule has 2 nitrogen and oxygen atoms in total. The Morgan fingerprint density at radius 3 is 2.43 bits per heavy atom. The number of hydrogen-bond donors (Lipinski definition) is 2. The van der Waals surface area contributed by atoms with Gasteiger partial charge < -0.3 is 5.32 Å². The highest BCUT2D eigenvalue weighted by atomic mass is 35.5. The van der Waals surface area contributed by atoms with Crippen LogP contribution in [0.15, 0.2) is 11.8 Å². The summed E-state index contributed by atoms with van der Waals surface area (Å²) in [5.74, 6) is 0.412. The standard InChI is InChI=1S/C11H19ClN2/c1-8(2)10(7-11(12)13)14-9-5-3-4-6-9/h7-9,13-14H,3-6H2,1-2H3/b10-7-,13-11?. The van der Waals surface area contributed by atoms with Crippen LogP contribution >= 0.6 is 11.6 Å². The predicted octanol–water partition coefficient (Wildman–Crippen LogP) is 3.27. The van der Waals surface area contributed by atoms with E-state index in [0.29, 0.717) is 12.0 Å². The Morgan fingerprint density at radius 2 is 2.00 bits per heavy atom. The molecule has 1 fully saturated rings. The monoisotopic (exact) mass is 214 g/mol. The first-order chi connectivity index (χ1) is 6.59. The third-order valence-corrected chi connectivity index (χ3v) is 2.74. The second-order valence-electron chi connectivity index (χ2n) is 4.23. The molecule has 0 saturated heterocycles. The van der Waals surface area contributed by atoms with E-state index < -0.39 is 0 Å². The Kier molecular flexibility index (Phi) is 4.46. The predicted molar refractivity (Wildman–Crippen MR) is 61.9 cm³/mol. The molecule has 0 spiro atoms. The van der Waals surface area contributed by atoms with Crippen molar-refractivity contribution in [3.8, 4) is 0 Å². The van der Waals surface area contributed by atoms with E-state index in [2.05, 4.69) is 19.2 Å². The van der Waals surface area contributed by atoms with Crippen molar-refractivity contribution in [3.05, 3.63) is 11.8 Å². The van der Waals surface area contributed by atoms with Gasteiger partial charge in [0.2, 0.25) is 0 Å². The van der Waals surface area contributed by atoms with Crippen molar-refractivity contribution in [2.75, 3.05) is 0 Å². The first-order valence-corrected chi connectivity index (χ1v) is 5.69. The van der Waals surface area contributed by atoms with E-state index in [1.165, 1.54) is 25.7 Å². The molecule has 3 heteroatoms. The van der Waals surface area contributed by atoms with Crippen molar-refractivity contribution in [3.63, 3.8) is 0 Å². The van der Waals surface area contributed by atoms with Crippen LogP contribution in [-0.2, 0) is 0 Å². The lowest BCUT2D eigenvalue weighted by atomic mass is 10.1. The zero-order valence-corrected chi connectivity index (χ0v) is 9.69. The SMILES string of the molecule is CC(C)/C(=C/C(=N)Cl)NC1CCCC1. The third-order valence-electron chi connectivity index (χ3n) is 2.63. The summed E-state index contributed by atoms with van der Waals surface area (Å²) in [7, 11) is 0. The van der Waals surface area contributed by atoms with Crippen LogP contribution in [-0.4, -0.2) is 11.2 Å². The van der Waals surface area contributed by atoms with Crippen LogP contribution < -0.4 is 5.32 Å². The zero-order valence-electron chi connectivity index (χ0n) is 8.94. The van der Waals surface area contributed by atoms with Gasteiger partial charge in [-0.05, 0) is 24.8 Å². The molecule has 0 aromatic heterocycles. The quantitative estimate of drug-likeness (QED) is 0.693. The average Bonchev–Trinajstić information content (AvgIpc) is 2.54. The van der Waals surface area contributed by atoms with E-state index in [-0.39, 0.29) is 5.17 Å². The van der Waals surface area contributed by atoms with Crippen molar-refractivity contribution in [2.45, 2.75) is 45.6 Å². The molecule has 0 bridgehead atoms. The average molecular weight is 215 g/mol. The Morgan fingerprint density at radius 1 is 1.43 bits per heavy atom. The maximum Gasteiger partial charge on any atom is 0.122 e. The van der Waals surface area contributed by atoms with Crippen molar-refractivity contribution < 1.29 is 0 Å². The van der Waals surface area contributed by atoms with Crippen LogP contribution in [0.5, 0.6) is 0 Å². The maximum atomic E-state index is 7.24. The summed E-state index contributed by atoms with van der Waals surface area (Å²) in [6, 6.07) is 0.597. The van der Waals surface area contributed by atoms with Crippen molar-refractivity contribution >= 4 is 16.8 Å². The summed E-state index contributed by atoms with van der Waals surface area (Å²) in [6.07, 6.45) is 6.87. The first kappa shape index (κ1) is 11.6. The number of nitrogens with one attached hydrogen (secondary N) is 2. The molecule has 1 saturated carbocycles. The van der Waals surface area contributed by atoms with E-state index in [4.69, 9.17) is 17.0 Å². The minimum atomic E-state index is 0.110. The van der Waals surface area contributed by atoms with Crippen LogP contribution in [0.3, 0.4) is 0 Å². The number of rotatable bonds is 4. The van der Waals surface area contributed by atoms with Crippen LogP contribution in [0, 0.1) is 11.3 Å². The van der Waals surface area contributed by atoms with Gasteiger partial charge in [0.15, 0.2) is 0 Å². The molecule has 2 N–H and O–H groups in total. The van der Waals surface area contributed by atoms with E-state index in [9.17, 15) is 0 Å². The fourth-order valence-electron chi connectivity index (χ4n) is 1.82. The summed E-state index contributed by atoms with van der Waals surface area (Å²) < 4.78 is 0. The Bertz CT molecular complexity index is 227. The van der Waals surface area contributed by atoms with E-state index in [0.717, 1.165) is 5.70 Å². The molecular formula is C11H19ClN2. The molecule has 0 radical (unpaired) electrons. The van der Waals surface area contributed by atoms with Gasteiger partial charge in [0.25, 0.3) is 0 Å². The molecule has 0 aliphatic heterocycles. The Balaban J connectivity index is 2.54. The highest BCUT2D eigenvalue weighted by molar-refractivity contribution is 6.67. The lowest BCUT2D eigenvalue weighted by Crippen LogP contribution is -2.28. The lowest BCUT2D eigenvalue weighted by molar-refractivity contribution is 0.537. The van der Waals surface area contributed by atoms with Gasteiger partial charge in [-0.15, -0.1) is 0 Å². The molecule has 1 rings (SSSR count). The van der Waals surface area contributed by atoms with Crippen molar-refractivity contribution in [1.29, 1.82) is 5.41 Å². The maximum absolute atomic E-state index is 7.24. The van der Waals surface area contributed by atoms with Gasteiger partial charge in [-0.25, -0.2) is 0 Å². The molecule has 0 atom stereocenters. The van der Waals surface area contributed by atoms with Crippen LogP contribution in [0.25, 0.3) is 0 Å². The van der Waals surface area contributed by atoms with Crippen molar-refractivity contribution in [1.82, 2.24) is 5.32 Å². The highest BCUT2D eigenvalue weighted by Crippen LogP contribution is 2.20. The highest BCUT2D eigenvalue weighted by Gasteiger charge is 2.16. The third kappa shape index (κ3) is 3.70. The minimum absolute atomic E-state index is 0.110. The largest absolute Gasteiger partial charge is 0.385 e. The molecule has 1 aliphatic rings. The van der Waals surface area contributed by atoms with E-state index >= 15 is 0 Å². The molecule has 0 unspecified atom stereocenters. The topological polar surface area (TPSA) is 35.9 Å². The van der Waals surface area contributed by atoms with Gasteiger partial charge in [0.1, 0.15) is 5.17 Å². The Hall–Kier alpha value is -0.500. The number of hydrogen-bond acceptors (Lipinski definition) is 2. The normalized spacial score (nSPS) is 19.0. The molecule has 0 aromatic rings. The summed E-state index contributed by atoms with van der Waals surface area (Å²) in [6.45, 7) is 4.24. The van der Waals surface area contributed by atoms with Gasteiger partial charge in [-0.3, -0.25) is 5.41 Å². The van der Waals surface area contributed by atoms with E-state index in [1.54, 1.807) is 6.08 Å². The van der Waals surface area contributed by atoms with Crippen molar-refractivity contribution in [2.24, 2.45) is 5.92 Å². The minimum Gasteiger partial charge on any atom is -0.385 e.